The molecule has 2 aromatic carbocycles. The van der Waals surface area contributed by atoms with Gasteiger partial charge in [-0.15, -0.1) is 0 Å². The first-order valence-corrected chi connectivity index (χ1v) is 12.1. The minimum absolute atomic E-state index is 0.192. The van der Waals surface area contributed by atoms with Crippen LogP contribution in [0.2, 0.25) is 5.02 Å². The van der Waals surface area contributed by atoms with Crippen LogP contribution in [0.5, 0.6) is 0 Å². The van der Waals surface area contributed by atoms with Crippen LogP contribution in [0.3, 0.4) is 0 Å². The van der Waals surface area contributed by atoms with Crippen molar-refractivity contribution in [1.29, 1.82) is 0 Å². The molecule has 0 radical (unpaired) electrons. The average Bonchev–Trinajstić information content (AvgIpc) is 2.87. The Hall–Kier alpha value is -3.44. The molecular weight excluding hydrogens is 547 g/mol. The van der Waals surface area contributed by atoms with E-state index in [1.54, 1.807) is 31.2 Å². The number of allylic oxidation sites excluding steroid dienone is 1. The summed E-state index contributed by atoms with van der Waals surface area (Å²) in [7, 11) is 0.922. The van der Waals surface area contributed by atoms with E-state index in [0.29, 0.717) is 12.1 Å². The highest BCUT2D eigenvalue weighted by Crippen LogP contribution is 2.50. The van der Waals surface area contributed by atoms with E-state index in [9.17, 15) is 27.2 Å². The summed E-state index contributed by atoms with van der Waals surface area (Å²) in [5.41, 5.74) is 2.28. The number of methoxy groups -OCH3 is 1. The molecule has 2 aromatic rings. The first kappa shape index (κ1) is 30.1. The molecular formula is C27H26ClF5N2O4. The molecule has 1 aliphatic rings. The number of carbonyl (C=O) groups is 2. The molecule has 0 aromatic heterocycles. The number of esters is 2. The number of hydrogen-bond acceptors (Lipinski definition) is 6. The molecule has 0 saturated heterocycles. The van der Waals surface area contributed by atoms with Crippen molar-refractivity contribution in [3.8, 4) is 0 Å². The Morgan fingerprint density at radius 2 is 1.64 bits per heavy atom. The van der Waals surface area contributed by atoms with Crippen molar-refractivity contribution in [2.75, 3.05) is 25.2 Å². The molecule has 39 heavy (non-hydrogen) atoms. The molecule has 0 fully saturated rings. The number of nitrogens with two attached hydrogens (primary N) is 1. The zero-order valence-corrected chi connectivity index (χ0v) is 22.2. The van der Waals surface area contributed by atoms with Crippen LogP contribution in [-0.4, -0.2) is 38.4 Å². The van der Waals surface area contributed by atoms with Crippen LogP contribution < -0.4 is 10.6 Å². The van der Waals surface area contributed by atoms with Crippen molar-refractivity contribution in [2.45, 2.75) is 39.0 Å². The van der Waals surface area contributed by atoms with Gasteiger partial charge in [0.2, 0.25) is 0 Å². The minimum Gasteiger partial charge on any atom is -0.466 e. The second-order valence-electron chi connectivity index (χ2n) is 8.92. The van der Waals surface area contributed by atoms with Crippen LogP contribution in [0.1, 0.15) is 36.5 Å². The fourth-order valence-corrected chi connectivity index (χ4v) is 4.78. The third-order valence-electron chi connectivity index (χ3n) is 6.03. The first-order chi connectivity index (χ1) is 18.3. The molecule has 0 bridgehead atoms. The van der Waals surface area contributed by atoms with Gasteiger partial charge < -0.3 is 20.1 Å². The Morgan fingerprint density at radius 3 is 2.13 bits per heavy atom. The number of carbonyl (C=O) groups excluding carboxylic acids is 2. The predicted octanol–water partition coefficient (Wildman–Crippen LogP) is 5.97. The highest BCUT2D eigenvalue weighted by molar-refractivity contribution is 6.31. The summed E-state index contributed by atoms with van der Waals surface area (Å²) in [4.78, 5) is 27.9. The lowest BCUT2D eigenvalue weighted by Crippen LogP contribution is -2.41. The van der Waals surface area contributed by atoms with E-state index in [2.05, 4.69) is 0 Å². The van der Waals surface area contributed by atoms with Gasteiger partial charge in [0.1, 0.15) is 12.5 Å². The number of anilines is 1. The standard InChI is InChI=1S/C27H26ClF5N2O4/c1-13(2)39-26(37)22-19(12-34)35(15-7-5-14(3)6-8-15)18(11-29)21(25(36)38-4)23(22)20-17(30)10-9-16(28)24(20)27(31,32)33/h5-10,13,23H,11-12,34H2,1-4H3. The normalized spacial score (nSPS) is 16.2. The SMILES string of the molecule is COC(=O)C1=C(CF)N(c2ccc(C)cc2)C(CN)=C(C(=O)OC(C)C)C1c1c(F)ccc(Cl)c1C(F)(F)F. The Balaban J connectivity index is 2.58. The van der Waals surface area contributed by atoms with Crippen LogP contribution in [0.4, 0.5) is 27.6 Å². The summed E-state index contributed by atoms with van der Waals surface area (Å²) in [6, 6.07) is 7.77. The smallest absolute Gasteiger partial charge is 0.418 e. The van der Waals surface area contributed by atoms with Crippen LogP contribution in [0.15, 0.2) is 58.9 Å². The lowest BCUT2D eigenvalue weighted by Gasteiger charge is -2.39. The quantitative estimate of drug-likeness (QED) is 0.325. The number of halogens is 6. The largest absolute Gasteiger partial charge is 0.466 e. The van der Waals surface area contributed by atoms with Gasteiger partial charge in [0.25, 0.3) is 0 Å². The van der Waals surface area contributed by atoms with Crippen molar-refractivity contribution in [3.05, 3.63) is 86.5 Å². The average molecular weight is 573 g/mol. The fraction of sp³-hybridized carbons (Fsp3) is 0.333. The Labute approximate surface area is 226 Å². The van der Waals surface area contributed by atoms with E-state index in [4.69, 9.17) is 26.8 Å². The molecule has 1 aliphatic heterocycles. The topological polar surface area (TPSA) is 81.9 Å². The summed E-state index contributed by atoms with van der Waals surface area (Å²) in [6.07, 6.45) is -5.99. The van der Waals surface area contributed by atoms with E-state index < -0.39 is 82.2 Å². The molecule has 3 rings (SSSR count). The number of alkyl halides is 4. The number of nitrogens with zero attached hydrogens (tertiary/aromatic N) is 1. The molecule has 2 N–H and O–H groups in total. The monoisotopic (exact) mass is 572 g/mol. The van der Waals surface area contributed by atoms with Crippen LogP contribution in [-0.2, 0) is 25.2 Å². The lowest BCUT2D eigenvalue weighted by atomic mass is 9.77. The molecule has 0 aliphatic carbocycles. The molecule has 6 nitrogen and oxygen atoms in total. The predicted molar refractivity (Wildman–Crippen MR) is 135 cm³/mol. The maximum atomic E-state index is 15.5. The van der Waals surface area contributed by atoms with Gasteiger partial charge in [-0.25, -0.2) is 18.4 Å². The first-order valence-electron chi connectivity index (χ1n) is 11.7. The molecule has 1 heterocycles. The second kappa shape index (κ2) is 11.7. The van der Waals surface area contributed by atoms with Crippen molar-refractivity contribution >= 4 is 29.2 Å². The fourth-order valence-electron chi connectivity index (χ4n) is 4.51. The van der Waals surface area contributed by atoms with Gasteiger partial charge in [-0.3, -0.25) is 0 Å². The minimum atomic E-state index is -5.23. The number of hydrogen-bond donors (Lipinski definition) is 1. The van der Waals surface area contributed by atoms with E-state index >= 15 is 4.39 Å². The molecule has 1 unspecified atom stereocenters. The van der Waals surface area contributed by atoms with Crippen molar-refractivity contribution in [3.63, 3.8) is 0 Å². The highest BCUT2D eigenvalue weighted by atomic mass is 35.5. The van der Waals surface area contributed by atoms with Gasteiger partial charge in [-0.2, -0.15) is 13.2 Å². The third-order valence-corrected chi connectivity index (χ3v) is 6.35. The number of aryl methyl sites for hydroxylation is 1. The van der Waals surface area contributed by atoms with Crippen molar-refractivity contribution in [2.24, 2.45) is 5.73 Å². The Kier molecular flexibility index (Phi) is 9.07. The van der Waals surface area contributed by atoms with Crippen molar-refractivity contribution < 1.29 is 41.0 Å². The van der Waals surface area contributed by atoms with Gasteiger partial charge in [0, 0.05) is 23.5 Å². The zero-order valence-electron chi connectivity index (χ0n) is 21.5. The van der Waals surface area contributed by atoms with Gasteiger partial charge in [-0.05, 0) is 45.0 Å². The maximum absolute atomic E-state index is 15.5. The van der Waals surface area contributed by atoms with Crippen LogP contribution in [0, 0.1) is 12.7 Å². The number of rotatable bonds is 7. The zero-order chi connectivity index (χ0) is 29.2. The molecule has 0 spiro atoms. The summed E-state index contributed by atoms with van der Waals surface area (Å²) in [5, 5.41) is -0.892. The third kappa shape index (κ3) is 5.79. The molecule has 12 heteroatoms. The van der Waals surface area contributed by atoms with Gasteiger partial charge in [0.15, 0.2) is 0 Å². The van der Waals surface area contributed by atoms with E-state index in [-0.39, 0.29) is 11.4 Å². The van der Waals surface area contributed by atoms with Crippen LogP contribution in [0.25, 0.3) is 0 Å². The van der Waals surface area contributed by atoms with E-state index in [0.717, 1.165) is 17.6 Å². The number of benzene rings is 2. The molecule has 210 valence electrons. The van der Waals surface area contributed by atoms with Gasteiger partial charge in [0.05, 0.1) is 46.6 Å². The summed E-state index contributed by atoms with van der Waals surface area (Å²) in [5.74, 6) is -6.03. The van der Waals surface area contributed by atoms with E-state index in [1.807, 2.05) is 0 Å². The lowest BCUT2D eigenvalue weighted by molar-refractivity contribution is -0.144. The van der Waals surface area contributed by atoms with Crippen LogP contribution >= 0.6 is 11.6 Å². The summed E-state index contributed by atoms with van der Waals surface area (Å²) in [6.45, 7) is 2.83. The molecule has 0 amide bonds. The Bertz CT molecular complexity index is 1340. The maximum Gasteiger partial charge on any atom is 0.418 e. The molecule has 1 atom stereocenters. The number of ether oxygens (including phenoxy) is 2. The second-order valence-corrected chi connectivity index (χ2v) is 9.33. The van der Waals surface area contributed by atoms with Gasteiger partial charge >= 0.3 is 18.1 Å². The molecule has 0 saturated carbocycles. The van der Waals surface area contributed by atoms with Gasteiger partial charge in [-0.1, -0.05) is 29.3 Å². The van der Waals surface area contributed by atoms with Crippen molar-refractivity contribution in [1.82, 2.24) is 0 Å². The summed E-state index contributed by atoms with van der Waals surface area (Å²) < 4.78 is 83.4. The Morgan fingerprint density at radius 1 is 1.05 bits per heavy atom. The summed E-state index contributed by atoms with van der Waals surface area (Å²) >= 11 is 5.90. The highest BCUT2D eigenvalue weighted by Gasteiger charge is 2.48. The van der Waals surface area contributed by atoms with E-state index in [1.165, 1.54) is 13.8 Å².